The van der Waals surface area contributed by atoms with E-state index in [1.807, 2.05) is 6.07 Å². The van der Waals surface area contributed by atoms with E-state index >= 15 is 0 Å². The van der Waals surface area contributed by atoms with Crippen molar-refractivity contribution in [1.82, 2.24) is 8.96 Å². The maximum Gasteiger partial charge on any atom is 0.273 e. The Morgan fingerprint density at radius 2 is 1.95 bits per heavy atom. The number of ether oxygens (including phenoxy) is 1. The average molecular weight is 367 g/mol. The van der Waals surface area contributed by atoms with E-state index in [1.165, 1.54) is 19.5 Å². The van der Waals surface area contributed by atoms with Gasteiger partial charge in [-0.15, -0.1) is 0 Å². The molecule has 0 atom stereocenters. The van der Waals surface area contributed by atoms with Crippen molar-refractivity contribution >= 4 is 37.0 Å². The van der Waals surface area contributed by atoms with Crippen molar-refractivity contribution in [3.8, 4) is 5.75 Å². The number of imidazole rings is 1. The largest absolute Gasteiger partial charge is 0.495 e. The third-order valence-electron chi connectivity index (χ3n) is 3.08. The minimum Gasteiger partial charge on any atom is -0.495 e. The molecule has 0 N–H and O–H groups in total. The van der Waals surface area contributed by atoms with Gasteiger partial charge in [0, 0.05) is 4.47 Å². The maximum atomic E-state index is 12.8. The molecule has 3 aromatic rings. The molecule has 1 aromatic heterocycles. The lowest BCUT2D eigenvalue weighted by atomic mass is 10.3. The molecule has 0 saturated carbocycles. The van der Waals surface area contributed by atoms with Gasteiger partial charge in [0.05, 0.1) is 18.1 Å². The Morgan fingerprint density at radius 1 is 1.19 bits per heavy atom. The number of methoxy groups -OCH3 is 1. The second-order valence-electron chi connectivity index (χ2n) is 4.33. The molecule has 0 fully saturated rings. The second kappa shape index (κ2) is 5.16. The zero-order valence-corrected chi connectivity index (χ0v) is 13.4. The maximum absolute atomic E-state index is 12.8. The average Bonchev–Trinajstić information content (AvgIpc) is 2.91. The Balaban J connectivity index is 2.26. The van der Waals surface area contributed by atoms with Crippen LogP contribution in [0, 0.1) is 0 Å². The number of aromatic nitrogens is 2. The van der Waals surface area contributed by atoms with Gasteiger partial charge in [-0.1, -0.05) is 28.1 Å². The smallest absolute Gasteiger partial charge is 0.273 e. The summed E-state index contributed by atoms with van der Waals surface area (Å²) in [4.78, 5) is 4.21. The van der Waals surface area contributed by atoms with Crippen LogP contribution in [0.5, 0.6) is 5.75 Å². The van der Waals surface area contributed by atoms with Crippen LogP contribution < -0.4 is 4.74 Å². The minimum atomic E-state index is -3.77. The van der Waals surface area contributed by atoms with Gasteiger partial charge < -0.3 is 4.74 Å². The molecular weight excluding hydrogens is 356 g/mol. The van der Waals surface area contributed by atoms with Crippen molar-refractivity contribution in [3.63, 3.8) is 0 Å². The first-order valence-electron chi connectivity index (χ1n) is 6.05. The van der Waals surface area contributed by atoms with E-state index in [0.717, 1.165) is 8.45 Å². The normalized spacial score (nSPS) is 11.7. The van der Waals surface area contributed by atoms with Crippen molar-refractivity contribution in [3.05, 3.63) is 53.3 Å². The number of para-hydroxylation sites is 2. The number of benzene rings is 2. The number of nitrogens with zero attached hydrogens (tertiary/aromatic N) is 2. The van der Waals surface area contributed by atoms with E-state index < -0.39 is 10.0 Å². The van der Waals surface area contributed by atoms with E-state index in [-0.39, 0.29) is 10.6 Å². The number of rotatable bonds is 3. The molecule has 2 aromatic carbocycles. The van der Waals surface area contributed by atoms with Crippen molar-refractivity contribution in [1.29, 1.82) is 0 Å². The van der Waals surface area contributed by atoms with E-state index in [2.05, 4.69) is 20.9 Å². The van der Waals surface area contributed by atoms with E-state index in [1.54, 1.807) is 30.3 Å². The van der Waals surface area contributed by atoms with Crippen LogP contribution in [0.2, 0.25) is 0 Å². The van der Waals surface area contributed by atoms with E-state index in [9.17, 15) is 8.42 Å². The van der Waals surface area contributed by atoms with Gasteiger partial charge in [0.15, 0.2) is 0 Å². The van der Waals surface area contributed by atoms with Gasteiger partial charge in [0.25, 0.3) is 10.0 Å². The predicted molar refractivity (Wildman–Crippen MR) is 83.0 cm³/mol. The highest BCUT2D eigenvalue weighted by Crippen LogP contribution is 2.30. The van der Waals surface area contributed by atoms with Crippen LogP contribution in [0.4, 0.5) is 0 Å². The van der Waals surface area contributed by atoms with Gasteiger partial charge in [0.2, 0.25) is 0 Å². The van der Waals surface area contributed by atoms with E-state index in [0.29, 0.717) is 11.0 Å². The van der Waals surface area contributed by atoms with Gasteiger partial charge in [-0.25, -0.2) is 17.4 Å². The summed E-state index contributed by atoms with van der Waals surface area (Å²) in [5, 5.41) is 0. The molecule has 1 heterocycles. The van der Waals surface area contributed by atoms with Crippen molar-refractivity contribution in [2.45, 2.75) is 4.90 Å². The van der Waals surface area contributed by atoms with Crippen molar-refractivity contribution in [2.75, 3.05) is 7.11 Å². The highest BCUT2D eigenvalue weighted by Gasteiger charge is 2.23. The summed E-state index contributed by atoms with van der Waals surface area (Å²) >= 11 is 3.30. The lowest BCUT2D eigenvalue weighted by Crippen LogP contribution is -2.13. The molecule has 7 heteroatoms. The summed E-state index contributed by atoms with van der Waals surface area (Å²) in [6, 6.07) is 11.8. The number of hydrogen-bond acceptors (Lipinski definition) is 4. The first-order valence-corrected chi connectivity index (χ1v) is 8.28. The fourth-order valence-corrected chi connectivity index (χ4v) is 3.86. The molecule has 0 aliphatic heterocycles. The second-order valence-corrected chi connectivity index (χ2v) is 7.03. The molecule has 0 aliphatic rings. The van der Waals surface area contributed by atoms with Crippen LogP contribution in [0.3, 0.4) is 0 Å². The summed E-state index contributed by atoms with van der Waals surface area (Å²) < 4.78 is 32.7. The van der Waals surface area contributed by atoms with Crippen LogP contribution in [-0.2, 0) is 10.0 Å². The standard InChI is InChI=1S/C14H11BrN2O3S/c1-20-13-8-10(15)6-7-14(13)21(18,19)17-9-16-11-4-2-3-5-12(11)17/h2-9H,1H3. The van der Waals surface area contributed by atoms with Gasteiger partial charge in [0.1, 0.15) is 17.0 Å². The van der Waals surface area contributed by atoms with Gasteiger partial charge >= 0.3 is 0 Å². The molecule has 5 nitrogen and oxygen atoms in total. The van der Waals surface area contributed by atoms with Crippen LogP contribution in [0.15, 0.2) is 58.2 Å². The summed E-state index contributed by atoms with van der Waals surface area (Å²) in [7, 11) is -2.34. The molecule has 0 spiro atoms. The van der Waals surface area contributed by atoms with Crippen LogP contribution in [0.25, 0.3) is 11.0 Å². The van der Waals surface area contributed by atoms with Gasteiger partial charge in [-0.2, -0.15) is 0 Å². The van der Waals surface area contributed by atoms with Gasteiger partial charge in [-0.05, 0) is 30.3 Å². The lowest BCUT2D eigenvalue weighted by molar-refractivity contribution is 0.402. The summed E-state index contributed by atoms with van der Waals surface area (Å²) in [6.07, 6.45) is 1.31. The monoisotopic (exact) mass is 366 g/mol. The highest BCUT2D eigenvalue weighted by molar-refractivity contribution is 9.10. The Hall–Kier alpha value is -1.86. The Bertz CT molecular complexity index is 919. The third kappa shape index (κ3) is 2.32. The molecule has 0 aliphatic carbocycles. The number of hydrogen-bond donors (Lipinski definition) is 0. The molecule has 108 valence electrons. The Morgan fingerprint density at radius 3 is 2.71 bits per heavy atom. The summed E-state index contributed by atoms with van der Waals surface area (Å²) in [5.41, 5.74) is 1.15. The molecule has 0 amide bonds. The van der Waals surface area contributed by atoms with Crippen molar-refractivity contribution in [2.24, 2.45) is 0 Å². The van der Waals surface area contributed by atoms with Crippen LogP contribution in [0.1, 0.15) is 0 Å². The van der Waals surface area contributed by atoms with Crippen molar-refractivity contribution < 1.29 is 13.2 Å². The first kappa shape index (κ1) is 14.1. The first-order chi connectivity index (χ1) is 10.0. The van der Waals surface area contributed by atoms with Crippen LogP contribution >= 0.6 is 15.9 Å². The summed E-state index contributed by atoms with van der Waals surface area (Å²) in [5.74, 6) is 0.280. The molecule has 0 bridgehead atoms. The zero-order valence-electron chi connectivity index (χ0n) is 11.0. The number of halogens is 1. The predicted octanol–water partition coefficient (Wildman–Crippen LogP) is 3.04. The fraction of sp³-hybridized carbons (Fsp3) is 0.0714. The molecule has 3 rings (SSSR count). The van der Waals surface area contributed by atoms with Crippen LogP contribution in [-0.4, -0.2) is 24.5 Å². The summed E-state index contributed by atoms with van der Waals surface area (Å²) in [6.45, 7) is 0. The third-order valence-corrected chi connectivity index (χ3v) is 5.28. The molecular formula is C14H11BrN2O3S. The number of fused-ring (bicyclic) bond motifs is 1. The van der Waals surface area contributed by atoms with E-state index in [4.69, 9.17) is 4.74 Å². The quantitative estimate of drug-likeness (QED) is 0.714. The molecule has 0 unspecified atom stereocenters. The SMILES string of the molecule is COc1cc(Br)ccc1S(=O)(=O)n1cnc2ccccc21. The topological polar surface area (TPSA) is 61.2 Å². The molecule has 0 radical (unpaired) electrons. The lowest BCUT2D eigenvalue weighted by Gasteiger charge is -2.11. The Labute approximate surface area is 130 Å². The minimum absolute atomic E-state index is 0.0938. The Kier molecular flexibility index (Phi) is 3.46. The zero-order chi connectivity index (χ0) is 15.0. The molecule has 21 heavy (non-hydrogen) atoms. The molecule has 0 saturated heterocycles. The fourth-order valence-electron chi connectivity index (χ4n) is 2.09. The highest BCUT2D eigenvalue weighted by atomic mass is 79.9. The van der Waals surface area contributed by atoms with Gasteiger partial charge in [-0.3, -0.25) is 0 Å².